The third-order valence-electron chi connectivity index (χ3n) is 3.13. The normalized spacial score (nSPS) is 22.1. The molecule has 1 atom stereocenters. The predicted molar refractivity (Wildman–Crippen MR) is 80.5 cm³/mol. The van der Waals surface area contributed by atoms with Crippen LogP contribution < -0.4 is 4.74 Å². The molecule has 4 heteroatoms. The maximum absolute atomic E-state index is 5.91. The lowest BCUT2D eigenvalue weighted by Crippen LogP contribution is -2.23. The molecule has 18 heavy (non-hydrogen) atoms. The van der Waals surface area contributed by atoms with Gasteiger partial charge < -0.3 is 9.47 Å². The molecule has 1 aromatic rings. The molecule has 0 spiro atoms. The lowest BCUT2D eigenvalue weighted by atomic mass is 10.1. The summed E-state index contributed by atoms with van der Waals surface area (Å²) in [7, 11) is 0. The Morgan fingerprint density at radius 1 is 1.44 bits per heavy atom. The van der Waals surface area contributed by atoms with E-state index in [1.54, 1.807) is 0 Å². The summed E-state index contributed by atoms with van der Waals surface area (Å²) in [6, 6.07) is 6.14. The van der Waals surface area contributed by atoms with E-state index in [-0.39, 0.29) is 11.7 Å². The zero-order chi connectivity index (χ0) is 13.2. The zero-order valence-electron chi connectivity index (χ0n) is 10.7. The molecule has 1 saturated heterocycles. The van der Waals surface area contributed by atoms with Gasteiger partial charge in [-0.3, -0.25) is 0 Å². The van der Waals surface area contributed by atoms with Crippen molar-refractivity contribution in [1.82, 2.24) is 0 Å². The Bertz CT molecular complexity index is 418. The Morgan fingerprint density at radius 2 is 2.22 bits per heavy atom. The van der Waals surface area contributed by atoms with E-state index >= 15 is 0 Å². The number of ether oxygens (including phenoxy) is 2. The Labute approximate surface area is 125 Å². The van der Waals surface area contributed by atoms with Crippen LogP contribution in [0.2, 0.25) is 0 Å². The van der Waals surface area contributed by atoms with Crippen molar-refractivity contribution in [3.8, 4) is 5.75 Å². The first kappa shape index (κ1) is 14.4. The molecule has 1 aromatic carbocycles. The van der Waals surface area contributed by atoms with Gasteiger partial charge in [-0.25, -0.2) is 0 Å². The van der Waals surface area contributed by atoms with Gasteiger partial charge in [-0.15, -0.1) is 0 Å². The summed E-state index contributed by atoms with van der Waals surface area (Å²) in [5.74, 6) is 0.882. The molecule has 1 aliphatic rings. The highest BCUT2D eigenvalue weighted by molar-refractivity contribution is 9.10. The lowest BCUT2D eigenvalue weighted by molar-refractivity contribution is -0.0327. The first-order chi connectivity index (χ1) is 8.50. The number of hydrogen-bond donors (Lipinski definition) is 0. The van der Waals surface area contributed by atoms with Crippen LogP contribution in [0.1, 0.15) is 32.3 Å². The van der Waals surface area contributed by atoms with Crippen LogP contribution in [-0.2, 0) is 10.1 Å². The van der Waals surface area contributed by atoms with Crippen molar-refractivity contribution in [2.24, 2.45) is 0 Å². The SMILES string of the molecule is CC1(C)CCC(COc2ccc(CBr)cc2Br)O1. The number of alkyl halides is 1. The molecule has 0 aliphatic carbocycles. The minimum absolute atomic E-state index is 0.00504. The highest BCUT2D eigenvalue weighted by atomic mass is 79.9. The second-order valence-corrected chi connectivity index (χ2v) is 6.66. The first-order valence-corrected chi connectivity index (χ1v) is 8.06. The number of halogens is 2. The molecule has 0 saturated carbocycles. The molecule has 1 heterocycles. The van der Waals surface area contributed by atoms with E-state index in [2.05, 4.69) is 57.8 Å². The molecule has 2 rings (SSSR count). The van der Waals surface area contributed by atoms with Gasteiger partial charge in [0.15, 0.2) is 0 Å². The Hall–Kier alpha value is -0.0600. The third-order valence-corrected chi connectivity index (χ3v) is 4.40. The summed E-state index contributed by atoms with van der Waals surface area (Å²) < 4.78 is 12.7. The maximum atomic E-state index is 5.91. The fourth-order valence-electron chi connectivity index (χ4n) is 2.12. The van der Waals surface area contributed by atoms with Crippen LogP contribution in [0.25, 0.3) is 0 Å². The average Bonchev–Trinajstić information content (AvgIpc) is 2.67. The lowest BCUT2D eigenvalue weighted by Gasteiger charge is -2.19. The van der Waals surface area contributed by atoms with Gasteiger partial charge in [0.2, 0.25) is 0 Å². The summed E-state index contributed by atoms with van der Waals surface area (Å²) in [4.78, 5) is 0. The van der Waals surface area contributed by atoms with Gasteiger partial charge in [-0.2, -0.15) is 0 Å². The van der Waals surface area contributed by atoms with E-state index in [0.717, 1.165) is 28.4 Å². The van der Waals surface area contributed by atoms with Crippen LogP contribution in [-0.4, -0.2) is 18.3 Å². The quantitative estimate of drug-likeness (QED) is 0.709. The Balaban J connectivity index is 1.91. The van der Waals surface area contributed by atoms with Gasteiger partial charge in [0.1, 0.15) is 12.4 Å². The summed E-state index contributed by atoms with van der Waals surface area (Å²) in [6.07, 6.45) is 2.39. The van der Waals surface area contributed by atoms with Crippen molar-refractivity contribution in [3.05, 3.63) is 28.2 Å². The van der Waals surface area contributed by atoms with E-state index in [9.17, 15) is 0 Å². The fourth-order valence-corrected chi connectivity index (χ4v) is 3.01. The van der Waals surface area contributed by atoms with Crippen LogP contribution in [0.4, 0.5) is 0 Å². The minimum Gasteiger partial charge on any atom is -0.490 e. The monoisotopic (exact) mass is 376 g/mol. The maximum Gasteiger partial charge on any atom is 0.133 e. The molecule has 0 aromatic heterocycles. The molecule has 1 fully saturated rings. The van der Waals surface area contributed by atoms with Crippen molar-refractivity contribution < 1.29 is 9.47 Å². The minimum atomic E-state index is 0.00504. The number of benzene rings is 1. The molecule has 0 N–H and O–H groups in total. The van der Waals surface area contributed by atoms with Gasteiger partial charge in [0, 0.05) is 5.33 Å². The summed E-state index contributed by atoms with van der Waals surface area (Å²) in [5, 5.41) is 0.853. The molecular weight excluding hydrogens is 360 g/mol. The van der Waals surface area contributed by atoms with Gasteiger partial charge >= 0.3 is 0 Å². The van der Waals surface area contributed by atoms with Gasteiger partial charge in [-0.05, 0) is 60.3 Å². The highest BCUT2D eigenvalue weighted by Crippen LogP contribution is 2.31. The smallest absolute Gasteiger partial charge is 0.133 e. The Kier molecular flexibility index (Phi) is 4.73. The molecular formula is C14H18Br2O2. The van der Waals surface area contributed by atoms with Gasteiger partial charge in [0.25, 0.3) is 0 Å². The first-order valence-electron chi connectivity index (χ1n) is 6.15. The van der Waals surface area contributed by atoms with E-state index in [4.69, 9.17) is 9.47 Å². The topological polar surface area (TPSA) is 18.5 Å². The molecule has 0 amide bonds. The van der Waals surface area contributed by atoms with Crippen molar-refractivity contribution >= 4 is 31.9 Å². The van der Waals surface area contributed by atoms with E-state index in [0.29, 0.717) is 6.61 Å². The third kappa shape index (κ3) is 3.72. The van der Waals surface area contributed by atoms with Crippen LogP contribution in [0.15, 0.2) is 22.7 Å². The number of rotatable bonds is 4. The summed E-state index contributed by atoms with van der Waals surface area (Å²) >= 11 is 6.97. The van der Waals surface area contributed by atoms with E-state index in [1.165, 1.54) is 5.56 Å². The van der Waals surface area contributed by atoms with Gasteiger partial charge in [0.05, 0.1) is 16.2 Å². The van der Waals surface area contributed by atoms with E-state index in [1.807, 2.05) is 6.07 Å². The van der Waals surface area contributed by atoms with Gasteiger partial charge in [-0.1, -0.05) is 22.0 Å². The van der Waals surface area contributed by atoms with Crippen LogP contribution >= 0.6 is 31.9 Å². The van der Waals surface area contributed by atoms with Crippen molar-refractivity contribution in [1.29, 1.82) is 0 Å². The van der Waals surface area contributed by atoms with Crippen molar-refractivity contribution in [2.45, 2.75) is 43.7 Å². The largest absolute Gasteiger partial charge is 0.490 e. The van der Waals surface area contributed by atoms with Crippen molar-refractivity contribution in [3.63, 3.8) is 0 Å². The molecule has 0 bridgehead atoms. The molecule has 0 radical (unpaired) electrons. The van der Waals surface area contributed by atoms with E-state index < -0.39 is 0 Å². The fraction of sp³-hybridized carbons (Fsp3) is 0.571. The summed E-state index contributed by atoms with van der Waals surface area (Å²) in [5.41, 5.74) is 1.23. The molecule has 1 aliphatic heterocycles. The molecule has 2 nitrogen and oxygen atoms in total. The number of hydrogen-bond acceptors (Lipinski definition) is 2. The van der Waals surface area contributed by atoms with Crippen molar-refractivity contribution in [2.75, 3.05) is 6.61 Å². The standard InChI is InChI=1S/C14H18Br2O2/c1-14(2)6-5-11(18-14)9-17-13-4-3-10(8-15)7-12(13)16/h3-4,7,11H,5-6,8-9H2,1-2H3. The van der Waals surface area contributed by atoms with Crippen LogP contribution in [0, 0.1) is 0 Å². The molecule has 100 valence electrons. The zero-order valence-corrected chi connectivity index (χ0v) is 13.9. The second-order valence-electron chi connectivity index (χ2n) is 5.25. The molecule has 1 unspecified atom stereocenters. The summed E-state index contributed by atoms with van der Waals surface area (Å²) in [6.45, 7) is 4.89. The average molecular weight is 378 g/mol. The van der Waals surface area contributed by atoms with Crippen LogP contribution in [0.5, 0.6) is 5.75 Å². The Morgan fingerprint density at radius 3 is 2.78 bits per heavy atom. The second kappa shape index (κ2) is 5.93. The predicted octanol–water partition coefficient (Wildman–Crippen LogP) is 4.68. The van der Waals surface area contributed by atoms with Crippen LogP contribution in [0.3, 0.4) is 0 Å². The highest BCUT2D eigenvalue weighted by Gasteiger charge is 2.31.